The highest BCUT2D eigenvalue weighted by Crippen LogP contribution is 2.41. The fourth-order valence-electron chi connectivity index (χ4n) is 5.03. The molecule has 6 nitrogen and oxygen atoms in total. The Labute approximate surface area is 210 Å². The van der Waals surface area contributed by atoms with Crippen LogP contribution in [0.15, 0.2) is 45.7 Å². The van der Waals surface area contributed by atoms with Crippen molar-refractivity contribution in [3.05, 3.63) is 63.7 Å². The number of nitrogens with one attached hydrogen (secondary N) is 2. The predicted molar refractivity (Wildman–Crippen MR) is 128 cm³/mol. The van der Waals surface area contributed by atoms with Crippen molar-refractivity contribution in [2.45, 2.75) is 57.0 Å². The van der Waals surface area contributed by atoms with E-state index < -0.39 is 29.5 Å². The number of hydrogen-bond donors (Lipinski definition) is 2. The monoisotopic (exact) mass is 526 g/mol. The van der Waals surface area contributed by atoms with Crippen LogP contribution in [0.25, 0.3) is 0 Å². The summed E-state index contributed by atoms with van der Waals surface area (Å²) < 4.78 is 81.3. The quantitative estimate of drug-likeness (QED) is 0.156. The first-order chi connectivity index (χ1) is 17.5. The summed E-state index contributed by atoms with van der Waals surface area (Å²) in [5.74, 6) is 0.0642. The minimum atomic E-state index is -4.94. The van der Waals surface area contributed by atoms with Gasteiger partial charge in [-0.05, 0) is 78.6 Å². The van der Waals surface area contributed by atoms with E-state index in [1.807, 2.05) is 0 Å². The summed E-state index contributed by atoms with van der Waals surface area (Å²) in [5.41, 5.74) is 4.03. The Balaban J connectivity index is 1.85. The Morgan fingerprint density at radius 2 is 1.62 bits per heavy atom. The summed E-state index contributed by atoms with van der Waals surface area (Å²) in [6.07, 6.45) is -5.63. The van der Waals surface area contributed by atoms with Crippen LogP contribution in [0.1, 0.15) is 58.7 Å². The molecule has 0 aromatic heterocycles. The molecule has 200 valence electrons. The summed E-state index contributed by atoms with van der Waals surface area (Å²) in [5, 5.41) is 15.5. The lowest BCUT2D eigenvalue weighted by Crippen LogP contribution is -2.35. The van der Waals surface area contributed by atoms with Crippen LogP contribution in [0, 0.1) is 0 Å². The van der Waals surface area contributed by atoms with Crippen LogP contribution in [0.5, 0.6) is 0 Å². The number of fused-ring (bicyclic) bond motifs is 2. The first-order valence-electron chi connectivity index (χ1n) is 12.0. The van der Waals surface area contributed by atoms with E-state index in [-0.39, 0.29) is 24.1 Å². The number of halogens is 6. The van der Waals surface area contributed by atoms with Crippen molar-refractivity contribution in [3.63, 3.8) is 0 Å². The Morgan fingerprint density at radius 1 is 0.973 bits per heavy atom. The van der Waals surface area contributed by atoms with Crippen LogP contribution in [0.4, 0.5) is 32.0 Å². The lowest BCUT2D eigenvalue weighted by Gasteiger charge is -2.33. The molecule has 2 aromatic rings. The highest BCUT2D eigenvalue weighted by Gasteiger charge is 2.38. The Bertz CT molecular complexity index is 1160. The number of nitrogens with zero attached hydrogens (tertiary/aromatic N) is 4. The minimum absolute atomic E-state index is 0.0642. The molecule has 0 saturated heterocycles. The van der Waals surface area contributed by atoms with E-state index in [2.05, 4.69) is 38.2 Å². The molecule has 1 atom stereocenters. The second kappa shape index (κ2) is 10.6. The molecule has 1 aliphatic carbocycles. The Kier molecular flexibility index (Phi) is 7.65. The summed E-state index contributed by atoms with van der Waals surface area (Å²) in [7, 11) is 2.95. The zero-order chi connectivity index (χ0) is 26.8. The summed E-state index contributed by atoms with van der Waals surface area (Å²) in [6, 6.07) is 5.44. The third-order valence-corrected chi connectivity index (χ3v) is 6.63. The molecule has 2 aliphatic rings. The number of rotatable bonds is 4. The second-order valence-electron chi connectivity index (χ2n) is 9.12. The number of anilines is 1. The van der Waals surface area contributed by atoms with Crippen molar-refractivity contribution in [2.75, 3.05) is 26.0 Å². The van der Waals surface area contributed by atoms with Crippen LogP contribution in [0.2, 0.25) is 0 Å². The van der Waals surface area contributed by atoms with Crippen LogP contribution < -0.4 is 10.7 Å². The van der Waals surface area contributed by atoms with Gasteiger partial charge in [0.25, 0.3) is 5.96 Å². The van der Waals surface area contributed by atoms with Crippen LogP contribution in [-0.2, 0) is 31.7 Å². The van der Waals surface area contributed by atoms with E-state index in [1.165, 1.54) is 25.2 Å². The molecule has 1 aliphatic heterocycles. The minimum Gasteiger partial charge on any atom is -0.385 e. The lowest BCUT2D eigenvalue weighted by molar-refractivity contribution is -0.143. The molecule has 1 heterocycles. The summed E-state index contributed by atoms with van der Waals surface area (Å²) >= 11 is 0. The van der Waals surface area contributed by atoms with Crippen molar-refractivity contribution >= 4 is 11.6 Å². The number of aryl methyl sites for hydroxylation is 2. The molecule has 0 spiro atoms. The molecular weight excluding hydrogens is 498 g/mol. The molecule has 0 radical (unpaired) electrons. The average molecular weight is 527 g/mol. The van der Waals surface area contributed by atoms with Gasteiger partial charge in [-0.1, -0.05) is 6.07 Å². The van der Waals surface area contributed by atoms with E-state index in [4.69, 9.17) is 0 Å². The van der Waals surface area contributed by atoms with Crippen molar-refractivity contribution in [1.29, 1.82) is 0 Å². The van der Waals surface area contributed by atoms with Gasteiger partial charge in [-0.2, -0.15) is 31.5 Å². The van der Waals surface area contributed by atoms with Gasteiger partial charge in [0.15, 0.2) is 0 Å². The molecule has 0 amide bonds. The maximum atomic E-state index is 13.5. The maximum absolute atomic E-state index is 13.5. The van der Waals surface area contributed by atoms with Gasteiger partial charge in [0, 0.05) is 32.9 Å². The van der Waals surface area contributed by atoms with E-state index >= 15 is 0 Å². The number of alkyl halides is 6. The maximum Gasteiger partial charge on any atom is 0.416 e. The highest BCUT2D eigenvalue weighted by molar-refractivity contribution is 5.81. The van der Waals surface area contributed by atoms with Gasteiger partial charge >= 0.3 is 12.4 Å². The Hall–Kier alpha value is -3.31. The molecule has 12 heteroatoms. The summed E-state index contributed by atoms with van der Waals surface area (Å²) in [6.45, 7) is 0.402. The molecule has 0 saturated carbocycles. The molecule has 4 rings (SSSR count). The zero-order valence-electron chi connectivity index (χ0n) is 20.5. The van der Waals surface area contributed by atoms with E-state index in [0.29, 0.717) is 13.0 Å². The SMILES string of the molecule is C/N=N\C(=N/NC)N(Cc1cc(C(F)(F)F)cc(C(F)(F)F)c1)[C@H]1CCCNc2cc3c(cc21)CCC3. The number of hydrazone groups is 1. The fourth-order valence-corrected chi connectivity index (χ4v) is 5.03. The third-order valence-electron chi connectivity index (χ3n) is 6.63. The smallest absolute Gasteiger partial charge is 0.385 e. The molecule has 2 aromatic carbocycles. The highest BCUT2D eigenvalue weighted by atomic mass is 19.4. The normalized spacial score (nSPS) is 18.3. The van der Waals surface area contributed by atoms with Crippen molar-refractivity contribution < 1.29 is 26.3 Å². The van der Waals surface area contributed by atoms with Crippen LogP contribution >= 0.6 is 0 Å². The van der Waals surface area contributed by atoms with Crippen molar-refractivity contribution in [1.82, 2.24) is 10.3 Å². The molecule has 2 N–H and O–H groups in total. The summed E-state index contributed by atoms with van der Waals surface area (Å²) in [4.78, 5) is 1.63. The van der Waals surface area contributed by atoms with Crippen molar-refractivity contribution in [2.24, 2.45) is 15.3 Å². The molecule has 0 unspecified atom stereocenters. The molecule has 0 bridgehead atoms. The number of guanidine groups is 1. The van der Waals surface area contributed by atoms with E-state index in [9.17, 15) is 26.3 Å². The predicted octanol–water partition coefficient (Wildman–Crippen LogP) is 6.53. The Morgan fingerprint density at radius 3 is 2.22 bits per heavy atom. The number of azo groups is 1. The lowest BCUT2D eigenvalue weighted by atomic mass is 9.95. The van der Waals surface area contributed by atoms with E-state index in [1.54, 1.807) is 4.90 Å². The van der Waals surface area contributed by atoms with Crippen LogP contribution in [-0.4, -0.2) is 31.5 Å². The topological polar surface area (TPSA) is 64.4 Å². The van der Waals surface area contributed by atoms with Crippen molar-refractivity contribution in [3.8, 4) is 0 Å². The fraction of sp³-hybridized carbons (Fsp3) is 0.480. The first kappa shape index (κ1) is 26.7. The van der Waals surface area contributed by atoms with Gasteiger partial charge in [-0.25, -0.2) is 0 Å². The van der Waals surface area contributed by atoms with Crippen LogP contribution in [0.3, 0.4) is 0 Å². The van der Waals surface area contributed by atoms with Gasteiger partial charge in [0.05, 0.1) is 17.2 Å². The second-order valence-corrected chi connectivity index (χ2v) is 9.12. The largest absolute Gasteiger partial charge is 0.416 e. The average Bonchev–Trinajstić information content (AvgIpc) is 3.19. The van der Waals surface area contributed by atoms with Gasteiger partial charge in [-0.15, -0.1) is 10.2 Å². The molecule has 0 fully saturated rings. The number of benzene rings is 2. The molecule has 37 heavy (non-hydrogen) atoms. The van der Waals surface area contributed by atoms with Gasteiger partial charge in [-0.3, -0.25) is 0 Å². The zero-order valence-corrected chi connectivity index (χ0v) is 20.5. The van der Waals surface area contributed by atoms with E-state index in [0.717, 1.165) is 49.1 Å². The molecular formula is C25H28F6N6. The van der Waals surface area contributed by atoms with Gasteiger partial charge in [0.2, 0.25) is 0 Å². The standard InChI is InChI=1S/C25H28F6N6/c1-32-35-23(36-33-2)37(14-15-9-18(24(26,27)28)13-19(10-15)25(29,30)31)22-7-4-8-34-21-12-17-6-3-5-16(17)11-20(21)22/h9-13,22,32,34H,3-8,14H2,1-2H3/b35-23+,36-33-/t22-/m0/s1. The number of hydrogen-bond acceptors (Lipinski definition) is 4. The van der Waals surface area contributed by atoms with Gasteiger partial charge < -0.3 is 15.6 Å². The first-order valence-corrected chi connectivity index (χ1v) is 12.0. The third kappa shape index (κ3) is 5.99. The van der Waals surface area contributed by atoms with Gasteiger partial charge in [0.1, 0.15) is 0 Å².